The molecule has 0 radical (unpaired) electrons. The monoisotopic (exact) mass is 402 g/mol. The van der Waals surface area contributed by atoms with Crippen molar-refractivity contribution in [1.29, 1.82) is 0 Å². The average Bonchev–Trinajstić information content (AvgIpc) is 3.13. The zero-order chi connectivity index (χ0) is 18.7. The lowest BCUT2D eigenvalue weighted by Crippen LogP contribution is -2.16. The first-order valence-corrected chi connectivity index (χ1v) is 9.11. The van der Waals surface area contributed by atoms with E-state index in [4.69, 9.17) is 4.52 Å². The minimum absolute atomic E-state index is 0.281. The number of alkyl halides is 3. The molecule has 0 unspecified atom stereocenters. The minimum Gasteiger partial charge on any atom is -0.406 e. The number of anilines is 2. The van der Waals surface area contributed by atoms with Crippen LogP contribution >= 0.6 is 23.1 Å². The molecule has 0 spiro atoms. The maximum absolute atomic E-state index is 12.1. The number of thioether (sulfide) groups is 1. The molecule has 1 aromatic carbocycles. The number of ether oxygens (including phenoxy) is 1. The molecule has 2 heterocycles. The molecular weight excluding hydrogens is 389 g/mol. The van der Waals surface area contributed by atoms with Gasteiger partial charge in [-0.2, -0.15) is 0 Å². The molecule has 0 bridgehead atoms. The summed E-state index contributed by atoms with van der Waals surface area (Å²) in [4.78, 5) is 0. The Balaban J connectivity index is 1.58. The van der Waals surface area contributed by atoms with Crippen LogP contribution in [0.5, 0.6) is 5.75 Å². The lowest BCUT2D eigenvalue weighted by atomic mass is 10.2. The van der Waals surface area contributed by atoms with Gasteiger partial charge in [0, 0.05) is 17.0 Å². The third-order valence-electron chi connectivity index (χ3n) is 3.27. The van der Waals surface area contributed by atoms with E-state index in [-0.39, 0.29) is 5.75 Å². The molecule has 0 aliphatic carbocycles. The van der Waals surface area contributed by atoms with E-state index in [9.17, 15) is 13.2 Å². The van der Waals surface area contributed by atoms with Gasteiger partial charge in [0.25, 0.3) is 0 Å². The number of nitrogens with zero attached hydrogens (tertiary/aromatic N) is 3. The summed E-state index contributed by atoms with van der Waals surface area (Å²) in [5.74, 6) is 1.16. The zero-order valence-corrected chi connectivity index (χ0v) is 15.3. The highest BCUT2D eigenvalue weighted by Gasteiger charge is 2.30. The Bertz CT molecular complexity index is 858. The first-order chi connectivity index (χ1) is 12.3. The molecule has 6 nitrogen and oxygen atoms in total. The van der Waals surface area contributed by atoms with E-state index in [0.29, 0.717) is 16.6 Å². The van der Waals surface area contributed by atoms with Gasteiger partial charge in [-0.15, -0.1) is 23.4 Å². The summed E-state index contributed by atoms with van der Waals surface area (Å²) in [5.41, 5.74) is 2.46. The van der Waals surface area contributed by atoms with E-state index >= 15 is 0 Å². The Morgan fingerprint density at radius 1 is 1.19 bits per heavy atom. The van der Waals surface area contributed by atoms with Crippen molar-refractivity contribution in [1.82, 2.24) is 15.4 Å². The normalized spacial score (nSPS) is 11.6. The van der Waals surface area contributed by atoms with Crippen LogP contribution in [0, 0.1) is 13.8 Å². The Hall–Kier alpha value is -2.27. The van der Waals surface area contributed by atoms with Gasteiger partial charge < -0.3 is 14.6 Å². The van der Waals surface area contributed by atoms with Gasteiger partial charge >= 0.3 is 6.36 Å². The smallest absolute Gasteiger partial charge is 0.406 e. The Labute approximate surface area is 154 Å². The zero-order valence-electron chi connectivity index (χ0n) is 13.6. The number of nitrogens with one attached hydrogen (secondary N) is 1. The first-order valence-electron chi connectivity index (χ1n) is 7.31. The number of rotatable bonds is 6. The molecule has 0 saturated heterocycles. The second-order valence-corrected chi connectivity index (χ2v) is 7.36. The first kappa shape index (κ1) is 18.5. The van der Waals surface area contributed by atoms with Gasteiger partial charge in [-0.3, -0.25) is 0 Å². The average molecular weight is 402 g/mol. The largest absolute Gasteiger partial charge is 0.573 e. The summed E-state index contributed by atoms with van der Waals surface area (Å²) >= 11 is 2.85. The number of aryl methyl sites for hydroxylation is 2. The summed E-state index contributed by atoms with van der Waals surface area (Å²) in [7, 11) is 0. The number of aromatic nitrogens is 3. The Kier molecular flexibility index (Phi) is 5.37. The quantitative estimate of drug-likeness (QED) is 0.577. The lowest BCUT2D eigenvalue weighted by Gasteiger charge is -2.09. The van der Waals surface area contributed by atoms with E-state index < -0.39 is 6.36 Å². The molecule has 0 fully saturated rings. The Morgan fingerprint density at radius 2 is 1.92 bits per heavy atom. The van der Waals surface area contributed by atoms with E-state index in [2.05, 4.69) is 25.4 Å². The van der Waals surface area contributed by atoms with Crippen molar-refractivity contribution in [2.75, 3.05) is 5.32 Å². The van der Waals surface area contributed by atoms with Gasteiger partial charge in [0.15, 0.2) is 4.34 Å². The SMILES string of the molecule is Cc1noc(C)c1CSc1nnc(Nc2ccc(OC(F)(F)F)cc2)s1. The maximum Gasteiger partial charge on any atom is 0.573 e. The molecule has 0 amide bonds. The fourth-order valence-corrected chi connectivity index (χ4v) is 3.95. The van der Waals surface area contributed by atoms with Gasteiger partial charge in [-0.1, -0.05) is 28.3 Å². The molecule has 3 rings (SSSR count). The number of hydrogen-bond donors (Lipinski definition) is 1. The van der Waals surface area contributed by atoms with E-state index in [1.54, 1.807) is 0 Å². The summed E-state index contributed by atoms with van der Waals surface area (Å²) < 4.78 is 46.1. The van der Waals surface area contributed by atoms with Gasteiger partial charge in [0.05, 0.1) is 5.69 Å². The third kappa shape index (κ3) is 4.88. The third-order valence-corrected chi connectivity index (χ3v) is 5.27. The van der Waals surface area contributed by atoms with Crippen LogP contribution in [-0.4, -0.2) is 21.7 Å². The summed E-state index contributed by atoms with van der Waals surface area (Å²) in [6.07, 6.45) is -4.71. The number of hydrogen-bond acceptors (Lipinski definition) is 8. The molecule has 0 aliphatic heterocycles. The van der Waals surface area contributed by atoms with E-state index in [1.165, 1.54) is 47.4 Å². The predicted octanol–water partition coefficient (Wildman–Crippen LogP) is 5.08. The molecular formula is C15H13F3N4O2S2. The number of benzene rings is 1. The van der Waals surface area contributed by atoms with Crippen LogP contribution in [0.4, 0.5) is 24.0 Å². The fraction of sp³-hybridized carbons (Fsp3) is 0.267. The van der Waals surface area contributed by atoms with Gasteiger partial charge in [0.1, 0.15) is 11.5 Å². The predicted molar refractivity (Wildman–Crippen MR) is 91.9 cm³/mol. The highest BCUT2D eigenvalue weighted by molar-refractivity contribution is 8.00. The molecule has 2 aromatic heterocycles. The summed E-state index contributed by atoms with van der Waals surface area (Å²) in [6.45, 7) is 3.74. The van der Waals surface area contributed by atoms with E-state index in [0.717, 1.165) is 21.4 Å². The van der Waals surface area contributed by atoms with E-state index in [1.807, 2.05) is 13.8 Å². The van der Waals surface area contributed by atoms with Crippen molar-refractivity contribution < 1.29 is 22.4 Å². The molecule has 0 saturated carbocycles. The van der Waals surface area contributed by atoms with Crippen LogP contribution < -0.4 is 10.1 Å². The van der Waals surface area contributed by atoms with Crippen LogP contribution in [0.25, 0.3) is 0 Å². The second kappa shape index (κ2) is 7.54. The summed E-state index contributed by atoms with van der Waals surface area (Å²) in [5, 5.41) is 15.5. The van der Waals surface area contributed by atoms with Crippen LogP contribution in [0.2, 0.25) is 0 Å². The molecule has 0 atom stereocenters. The van der Waals surface area contributed by atoms with Crippen LogP contribution in [0.1, 0.15) is 17.0 Å². The second-order valence-electron chi connectivity index (χ2n) is 5.16. The van der Waals surface area contributed by atoms with Crippen LogP contribution in [-0.2, 0) is 5.75 Å². The Morgan fingerprint density at radius 3 is 2.54 bits per heavy atom. The van der Waals surface area contributed by atoms with Gasteiger partial charge in [-0.25, -0.2) is 0 Å². The molecule has 138 valence electrons. The van der Waals surface area contributed by atoms with Crippen molar-refractivity contribution in [3.8, 4) is 5.75 Å². The van der Waals surface area contributed by atoms with Gasteiger partial charge in [-0.05, 0) is 38.1 Å². The van der Waals surface area contributed by atoms with Crippen molar-refractivity contribution in [3.63, 3.8) is 0 Å². The van der Waals surface area contributed by atoms with Crippen LogP contribution in [0.3, 0.4) is 0 Å². The molecule has 26 heavy (non-hydrogen) atoms. The highest BCUT2D eigenvalue weighted by Crippen LogP contribution is 2.32. The van der Waals surface area contributed by atoms with Gasteiger partial charge in [0.2, 0.25) is 5.13 Å². The van der Waals surface area contributed by atoms with Crippen molar-refractivity contribution in [3.05, 3.63) is 41.3 Å². The van der Waals surface area contributed by atoms with Crippen molar-refractivity contribution in [2.45, 2.75) is 30.3 Å². The fourth-order valence-electron chi connectivity index (χ4n) is 2.02. The molecule has 3 aromatic rings. The lowest BCUT2D eigenvalue weighted by molar-refractivity contribution is -0.274. The minimum atomic E-state index is -4.71. The molecule has 0 aliphatic rings. The maximum atomic E-state index is 12.1. The van der Waals surface area contributed by atoms with Crippen molar-refractivity contribution >= 4 is 33.9 Å². The summed E-state index contributed by atoms with van der Waals surface area (Å²) in [6, 6.07) is 5.40. The van der Waals surface area contributed by atoms with Crippen molar-refractivity contribution in [2.24, 2.45) is 0 Å². The standard InChI is InChI=1S/C15H13F3N4O2S2/c1-8-12(9(2)24-22-8)7-25-14-21-20-13(26-14)19-10-3-5-11(6-4-10)23-15(16,17)18/h3-6H,7H2,1-2H3,(H,19,20). The topological polar surface area (TPSA) is 73.1 Å². The van der Waals surface area contributed by atoms with Crippen LogP contribution in [0.15, 0.2) is 33.1 Å². The number of halogens is 3. The molecule has 11 heteroatoms. The highest BCUT2D eigenvalue weighted by atomic mass is 32.2. The molecule has 1 N–H and O–H groups in total.